The summed E-state index contributed by atoms with van der Waals surface area (Å²) in [6.07, 6.45) is -2.21. The van der Waals surface area contributed by atoms with Gasteiger partial charge in [0.25, 0.3) is 11.5 Å². The zero-order valence-electron chi connectivity index (χ0n) is 12.2. The minimum absolute atomic E-state index is 0.155. The van der Waals surface area contributed by atoms with Crippen molar-refractivity contribution in [3.05, 3.63) is 56.7 Å². The number of H-pyrrole nitrogens is 1. The number of hydrogen-bond acceptors (Lipinski definition) is 2. The summed E-state index contributed by atoms with van der Waals surface area (Å²) in [6, 6.07) is 2.20. The quantitative estimate of drug-likeness (QED) is 0.928. The second-order valence-electron chi connectivity index (χ2n) is 5.05. The maximum absolute atomic E-state index is 12.7. The Bertz CT molecular complexity index is 795. The molecule has 124 valence electrons. The normalized spacial score (nSPS) is 11.6. The molecule has 1 N–H and O–H groups in total. The summed E-state index contributed by atoms with van der Waals surface area (Å²) in [5, 5.41) is 0.492. The van der Waals surface area contributed by atoms with E-state index in [-0.39, 0.29) is 12.1 Å². The van der Waals surface area contributed by atoms with Crippen LogP contribution in [0.1, 0.15) is 21.6 Å². The topological polar surface area (TPSA) is 58.1 Å². The first-order valence-corrected chi connectivity index (χ1v) is 6.83. The third-order valence-electron chi connectivity index (χ3n) is 3.28. The van der Waals surface area contributed by atoms with E-state index in [9.17, 15) is 22.8 Å². The molecule has 1 amide bonds. The molecule has 2 aromatic rings. The van der Waals surface area contributed by atoms with Gasteiger partial charge in [-0.05, 0) is 12.1 Å². The van der Waals surface area contributed by atoms with Crippen molar-refractivity contribution in [1.82, 2.24) is 14.5 Å². The van der Waals surface area contributed by atoms with E-state index in [1.54, 1.807) is 23.9 Å². The summed E-state index contributed by atoms with van der Waals surface area (Å²) in [6.45, 7) is 0.155. The monoisotopic (exact) mass is 347 g/mol. The maximum Gasteiger partial charge on any atom is 0.421 e. The van der Waals surface area contributed by atoms with Gasteiger partial charge in [0.05, 0.1) is 17.1 Å². The number of nitrogens with zero attached hydrogens (tertiary/aromatic N) is 2. The van der Waals surface area contributed by atoms with Crippen LogP contribution in [0.15, 0.2) is 29.3 Å². The maximum atomic E-state index is 12.7. The number of hydrogen-bond donors (Lipinski definition) is 1. The van der Waals surface area contributed by atoms with Crippen LogP contribution in [0.5, 0.6) is 0 Å². The second kappa shape index (κ2) is 6.11. The molecule has 0 unspecified atom stereocenters. The third kappa shape index (κ3) is 3.76. The van der Waals surface area contributed by atoms with Crippen molar-refractivity contribution in [3.63, 3.8) is 0 Å². The molecule has 0 aliphatic carbocycles. The number of aromatic amines is 1. The number of aryl methyl sites for hydroxylation is 1. The third-order valence-corrected chi connectivity index (χ3v) is 3.48. The lowest BCUT2D eigenvalue weighted by Gasteiger charge is -2.18. The Morgan fingerprint density at radius 3 is 2.57 bits per heavy atom. The Morgan fingerprint density at radius 2 is 2.04 bits per heavy atom. The van der Waals surface area contributed by atoms with Crippen LogP contribution >= 0.6 is 11.6 Å². The predicted octanol–water partition coefficient (Wildman–Crippen LogP) is 2.66. The number of rotatable bonds is 3. The molecule has 0 atom stereocenters. The lowest BCUT2D eigenvalue weighted by atomic mass is 10.1. The van der Waals surface area contributed by atoms with Gasteiger partial charge < -0.3 is 14.5 Å². The summed E-state index contributed by atoms with van der Waals surface area (Å²) < 4.78 is 39.9. The van der Waals surface area contributed by atoms with E-state index in [1.807, 2.05) is 4.98 Å². The summed E-state index contributed by atoms with van der Waals surface area (Å²) in [7, 11) is 3.18. The van der Waals surface area contributed by atoms with Gasteiger partial charge in [0.2, 0.25) is 0 Å². The number of carbonyl (C=O) groups excluding carboxylic acids is 1. The SMILES string of the molecule is CN(Cc1cc(Cl)cn1C)C(=O)c1c[nH]c(=O)c(C(F)(F)F)c1. The molecular formula is C14H13ClF3N3O2. The molecule has 5 nitrogen and oxygen atoms in total. The zero-order valence-corrected chi connectivity index (χ0v) is 13.0. The molecule has 0 saturated carbocycles. The molecule has 0 bridgehead atoms. The van der Waals surface area contributed by atoms with Crippen LogP contribution in [0.3, 0.4) is 0 Å². The van der Waals surface area contributed by atoms with Gasteiger partial charge in [-0.2, -0.15) is 13.2 Å². The number of aromatic nitrogens is 2. The van der Waals surface area contributed by atoms with Gasteiger partial charge in [-0.1, -0.05) is 11.6 Å². The molecule has 0 aliphatic heterocycles. The number of amides is 1. The Labute approximate surface area is 134 Å². The van der Waals surface area contributed by atoms with E-state index >= 15 is 0 Å². The molecule has 9 heteroatoms. The van der Waals surface area contributed by atoms with E-state index < -0.39 is 23.2 Å². The predicted molar refractivity (Wildman–Crippen MR) is 78.3 cm³/mol. The van der Waals surface area contributed by atoms with Gasteiger partial charge in [0.15, 0.2) is 0 Å². The van der Waals surface area contributed by atoms with Crippen molar-refractivity contribution in [2.24, 2.45) is 7.05 Å². The van der Waals surface area contributed by atoms with Crippen molar-refractivity contribution in [3.8, 4) is 0 Å². The number of alkyl halides is 3. The lowest BCUT2D eigenvalue weighted by molar-refractivity contribution is -0.138. The number of carbonyl (C=O) groups is 1. The van der Waals surface area contributed by atoms with Crippen LogP contribution in [0.2, 0.25) is 5.02 Å². The number of nitrogens with one attached hydrogen (secondary N) is 1. The minimum atomic E-state index is -4.83. The Kier molecular flexibility index (Phi) is 4.56. The van der Waals surface area contributed by atoms with Crippen molar-refractivity contribution in [2.75, 3.05) is 7.05 Å². The minimum Gasteiger partial charge on any atom is -0.351 e. The van der Waals surface area contributed by atoms with Gasteiger partial charge in [-0.15, -0.1) is 0 Å². The Hall–Kier alpha value is -2.22. The van der Waals surface area contributed by atoms with E-state index in [0.29, 0.717) is 16.8 Å². The first kappa shape index (κ1) is 17.1. The largest absolute Gasteiger partial charge is 0.421 e. The van der Waals surface area contributed by atoms with Gasteiger partial charge >= 0.3 is 6.18 Å². The molecule has 0 aliphatic rings. The number of halogens is 4. The summed E-state index contributed by atoms with van der Waals surface area (Å²) in [5.41, 5.74) is -2.23. The fourth-order valence-corrected chi connectivity index (χ4v) is 2.35. The van der Waals surface area contributed by atoms with Crippen LogP contribution < -0.4 is 5.56 Å². The average Bonchev–Trinajstić information content (AvgIpc) is 2.75. The highest BCUT2D eigenvalue weighted by atomic mass is 35.5. The highest BCUT2D eigenvalue weighted by Crippen LogP contribution is 2.27. The fraction of sp³-hybridized carbons (Fsp3) is 0.286. The first-order chi connectivity index (χ1) is 10.6. The molecule has 0 saturated heterocycles. The van der Waals surface area contributed by atoms with Gasteiger partial charge in [0, 0.05) is 32.2 Å². The molecule has 2 heterocycles. The van der Waals surface area contributed by atoms with Crippen molar-refractivity contribution >= 4 is 17.5 Å². The van der Waals surface area contributed by atoms with Crippen LogP contribution in [-0.4, -0.2) is 27.4 Å². The zero-order chi connectivity index (χ0) is 17.4. The molecule has 0 spiro atoms. The lowest BCUT2D eigenvalue weighted by Crippen LogP contribution is -2.29. The summed E-state index contributed by atoms with van der Waals surface area (Å²) >= 11 is 5.85. The summed E-state index contributed by atoms with van der Waals surface area (Å²) in [5.74, 6) is -0.649. The molecule has 0 radical (unpaired) electrons. The van der Waals surface area contributed by atoms with E-state index in [2.05, 4.69) is 0 Å². The van der Waals surface area contributed by atoms with Crippen LogP contribution in [0.4, 0.5) is 13.2 Å². The van der Waals surface area contributed by atoms with Crippen molar-refractivity contribution in [2.45, 2.75) is 12.7 Å². The number of pyridine rings is 1. The van der Waals surface area contributed by atoms with Crippen LogP contribution in [-0.2, 0) is 19.8 Å². The van der Waals surface area contributed by atoms with Crippen molar-refractivity contribution in [1.29, 1.82) is 0 Å². The second-order valence-corrected chi connectivity index (χ2v) is 5.49. The van der Waals surface area contributed by atoms with Gasteiger partial charge in [0.1, 0.15) is 5.56 Å². The highest BCUT2D eigenvalue weighted by Gasteiger charge is 2.34. The summed E-state index contributed by atoms with van der Waals surface area (Å²) in [4.78, 5) is 26.7. The Balaban J connectivity index is 2.26. The molecule has 2 rings (SSSR count). The smallest absolute Gasteiger partial charge is 0.351 e. The highest BCUT2D eigenvalue weighted by molar-refractivity contribution is 6.30. The van der Waals surface area contributed by atoms with Gasteiger partial charge in [-0.25, -0.2) is 0 Å². The van der Waals surface area contributed by atoms with Crippen LogP contribution in [0.25, 0.3) is 0 Å². The molecule has 0 fully saturated rings. The fourth-order valence-electron chi connectivity index (χ4n) is 2.08. The van der Waals surface area contributed by atoms with E-state index in [1.165, 1.54) is 11.9 Å². The van der Waals surface area contributed by atoms with Crippen molar-refractivity contribution < 1.29 is 18.0 Å². The standard InChI is InChI=1S/C14H13ClF3N3O2/c1-20-6-9(15)4-10(20)7-21(2)13(23)8-3-11(14(16,17)18)12(22)19-5-8/h3-6H,7H2,1-2H3,(H,19,22). The van der Waals surface area contributed by atoms with E-state index in [4.69, 9.17) is 11.6 Å². The van der Waals surface area contributed by atoms with E-state index in [0.717, 1.165) is 6.20 Å². The first-order valence-electron chi connectivity index (χ1n) is 6.45. The van der Waals surface area contributed by atoms with Crippen LogP contribution in [0, 0.1) is 0 Å². The molecule has 0 aromatic carbocycles. The average molecular weight is 348 g/mol. The molecule has 2 aromatic heterocycles. The molecule has 23 heavy (non-hydrogen) atoms. The van der Waals surface area contributed by atoms with Gasteiger partial charge in [-0.3, -0.25) is 9.59 Å². The Morgan fingerprint density at radius 1 is 1.39 bits per heavy atom. The molecular weight excluding hydrogens is 335 g/mol.